The molecular formula is C12H19N3O3S. The zero-order chi connectivity index (χ0) is 13.8. The van der Waals surface area contributed by atoms with E-state index in [1.165, 1.54) is 6.26 Å². The van der Waals surface area contributed by atoms with Crippen molar-refractivity contribution in [3.05, 3.63) is 0 Å². The summed E-state index contributed by atoms with van der Waals surface area (Å²) in [5.74, 6) is 0.689. The van der Waals surface area contributed by atoms with Gasteiger partial charge < -0.3 is 10.6 Å². The van der Waals surface area contributed by atoms with Gasteiger partial charge in [0.15, 0.2) is 9.84 Å². The Kier molecular flexibility index (Phi) is 2.68. The van der Waals surface area contributed by atoms with Gasteiger partial charge in [-0.2, -0.15) is 4.99 Å². The minimum absolute atomic E-state index is 0.200. The van der Waals surface area contributed by atoms with Gasteiger partial charge in [-0.1, -0.05) is 0 Å². The third-order valence-corrected chi connectivity index (χ3v) is 6.24. The second-order valence-corrected chi connectivity index (χ2v) is 8.20. The van der Waals surface area contributed by atoms with Gasteiger partial charge in [0, 0.05) is 12.8 Å². The summed E-state index contributed by atoms with van der Waals surface area (Å²) >= 11 is 0. The number of carbonyl (C=O) groups is 1. The summed E-state index contributed by atoms with van der Waals surface area (Å²) < 4.78 is 24.1. The fourth-order valence-electron chi connectivity index (χ4n) is 3.50. The average molecular weight is 285 g/mol. The molecule has 0 aromatic heterocycles. The number of urea groups is 1. The van der Waals surface area contributed by atoms with E-state index in [0.717, 1.165) is 19.3 Å². The molecule has 2 saturated carbocycles. The molecule has 2 unspecified atom stereocenters. The van der Waals surface area contributed by atoms with Gasteiger partial charge in [-0.15, -0.1) is 0 Å². The molecule has 2 fully saturated rings. The molecule has 19 heavy (non-hydrogen) atoms. The maximum absolute atomic E-state index is 12.0. The quantitative estimate of drug-likeness (QED) is 0.818. The topological polar surface area (TPSA) is 92.8 Å². The van der Waals surface area contributed by atoms with Crippen LogP contribution >= 0.6 is 0 Å². The molecule has 3 rings (SSSR count). The normalized spacial score (nSPS) is 35.2. The lowest BCUT2D eigenvalue weighted by Crippen LogP contribution is -2.61. The number of hydrogen-bond donors (Lipinski definition) is 1. The van der Waals surface area contributed by atoms with E-state index in [1.807, 2.05) is 0 Å². The predicted molar refractivity (Wildman–Crippen MR) is 71.7 cm³/mol. The van der Waals surface area contributed by atoms with Crippen molar-refractivity contribution in [2.75, 3.05) is 12.8 Å². The van der Waals surface area contributed by atoms with Gasteiger partial charge in [0.1, 0.15) is 11.4 Å². The largest absolute Gasteiger partial charge is 0.385 e. The summed E-state index contributed by atoms with van der Waals surface area (Å²) in [5, 5.41) is -0.603. The molecule has 2 N–H and O–H groups in total. The number of rotatable bonds is 3. The Hall–Kier alpha value is -1.11. The molecule has 0 aromatic carbocycles. The van der Waals surface area contributed by atoms with Crippen molar-refractivity contribution in [3.8, 4) is 0 Å². The number of hydrogen-bond acceptors (Lipinski definition) is 4. The highest BCUT2D eigenvalue weighted by molar-refractivity contribution is 7.91. The lowest BCUT2D eigenvalue weighted by atomic mass is 9.94. The van der Waals surface area contributed by atoms with Crippen LogP contribution in [-0.2, 0) is 9.84 Å². The molecule has 2 aliphatic carbocycles. The Morgan fingerprint density at radius 2 is 2.11 bits per heavy atom. The van der Waals surface area contributed by atoms with Crippen LogP contribution in [0.5, 0.6) is 0 Å². The summed E-state index contributed by atoms with van der Waals surface area (Å²) in [5.41, 5.74) is 5.09. The molecular weight excluding hydrogens is 266 g/mol. The molecule has 0 bridgehead atoms. The summed E-state index contributed by atoms with van der Waals surface area (Å²) in [4.78, 5) is 17.6. The highest BCUT2D eigenvalue weighted by Gasteiger charge is 2.59. The standard InChI is InChI=1S/C12H19N3O3S/c1-19(17,18)9-3-2-6-12(9)10(13)14-11(16)15(12)7-8-4-5-8/h8-9H,2-7H2,1H3,(H2,13,14,16). The monoisotopic (exact) mass is 285 g/mol. The lowest BCUT2D eigenvalue weighted by Gasteiger charge is -2.38. The van der Waals surface area contributed by atoms with Crippen LogP contribution in [0.3, 0.4) is 0 Å². The van der Waals surface area contributed by atoms with E-state index >= 15 is 0 Å². The minimum Gasteiger partial charge on any atom is -0.385 e. The molecule has 1 heterocycles. The molecule has 0 aromatic rings. The van der Waals surface area contributed by atoms with Crippen LogP contribution in [0.2, 0.25) is 0 Å². The fraction of sp³-hybridized carbons (Fsp3) is 0.833. The summed E-state index contributed by atoms with van der Waals surface area (Å²) in [6, 6.07) is -0.361. The number of carbonyl (C=O) groups excluding carboxylic acids is 1. The third-order valence-electron chi connectivity index (χ3n) is 4.58. The molecule has 106 valence electrons. The van der Waals surface area contributed by atoms with Gasteiger partial charge in [0.25, 0.3) is 0 Å². The van der Waals surface area contributed by atoms with Crippen LogP contribution in [0.15, 0.2) is 4.99 Å². The molecule has 6 nitrogen and oxygen atoms in total. The van der Waals surface area contributed by atoms with Crippen LogP contribution in [0.4, 0.5) is 4.79 Å². The molecule has 7 heteroatoms. The van der Waals surface area contributed by atoms with E-state index in [-0.39, 0.29) is 11.9 Å². The van der Waals surface area contributed by atoms with E-state index in [2.05, 4.69) is 4.99 Å². The van der Waals surface area contributed by atoms with Crippen LogP contribution in [0, 0.1) is 5.92 Å². The second-order valence-electron chi connectivity index (χ2n) is 5.97. The molecule has 1 spiro atoms. The first kappa shape index (κ1) is 12.9. The van der Waals surface area contributed by atoms with E-state index in [4.69, 9.17) is 5.73 Å². The van der Waals surface area contributed by atoms with Gasteiger partial charge in [0.05, 0.1) is 5.25 Å². The number of amidine groups is 1. The van der Waals surface area contributed by atoms with E-state index in [0.29, 0.717) is 25.3 Å². The summed E-state index contributed by atoms with van der Waals surface area (Å²) in [7, 11) is -3.25. The maximum Gasteiger partial charge on any atom is 0.346 e. The van der Waals surface area contributed by atoms with E-state index < -0.39 is 20.6 Å². The minimum atomic E-state index is -3.25. The molecule has 0 radical (unpaired) electrons. The number of nitrogens with two attached hydrogens (primary N) is 1. The van der Waals surface area contributed by atoms with Crippen molar-refractivity contribution in [2.45, 2.75) is 42.9 Å². The Bertz CT molecular complexity index is 553. The second kappa shape index (κ2) is 3.94. The van der Waals surface area contributed by atoms with Gasteiger partial charge in [-0.3, -0.25) is 0 Å². The van der Waals surface area contributed by atoms with Gasteiger partial charge >= 0.3 is 6.03 Å². The maximum atomic E-state index is 12.0. The van der Waals surface area contributed by atoms with Crippen molar-refractivity contribution in [1.29, 1.82) is 0 Å². The zero-order valence-corrected chi connectivity index (χ0v) is 11.8. The highest BCUT2D eigenvalue weighted by atomic mass is 32.2. The third kappa shape index (κ3) is 1.86. The first-order valence-electron chi connectivity index (χ1n) is 6.71. The zero-order valence-electron chi connectivity index (χ0n) is 11.0. The summed E-state index contributed by atoms with van der Waals surface area (Å²) in [6.07, 6.45) is 5.37. The van der Waals surface area contributed by atoms with Crippen molar-refractivity contribution in [1.82, 2.24) is 4.90 Å². The smallest absolute Gasteiger partial charge is 0.346 e. The Morgan fingerprint density at radius 1 is 1.42 bits per heavy atom. The van der Waals surface area contributed by atoms with Crippen molar-refractivity contribution < 1.29 is 13.2 Å². The number of amides is 2. The van der Waals surface area contributed by atoms with Gasteiger partial charge in [0.2, 0.25) is 0 Å². The predicted octanol–water partition coefficient (Wildman–Crippen LogP) is 0.525. The fourth-order valence-corrected chi connectivity index (χ4v) is 5.16. The Morgan fingerprint density at radius 3 is 2.68 bits per heavy atom. The first-order valence-corrected chi connectivity index (χ1v) is 8.66. The molecule has 1 aliphatic heterocycles. The van der Waals surface area contributed by atoms with E-state index in [9.17, 15) is 13.2 Å². The number of sulfone groups is 1. The first-order chi connectivity index (χ1) is 8.85. The highest BCUT2D eigenvalue weighted by Crippen LogP contribution is 2.44. The summed E-state index contributed by atoms with van der Waals surface area (Å²) in [6.45, 7) is 0.592. The average Bonchev–Trinajstić information content (AvgIpc) is 2.94. The lowest BCUT2D eigenvalue weighted by molar-refractivity contribution is 0.169. The van der Waals surface area contributed by atoms with Crippen LogP contribution in [0.1, 0.15) is 32.1 Å². The van der Waals surface area contributed by atoms with E-state index in [1.54, 1.807) is 4.90 Å². The van der Waals surface area contributed by atoms with Crippen molar-refractivity contribution in [2.24, 2.45) is 16.6 Å². The van der Waals surface area contributed by atoms with Gasteiger partial charge in [-0.05, 0) is 38.0 Å². The number of aliphatic imine (C=N–C) groups is 1. The number of nitrogens with zero attached hydrogens (tertiary/aromatic N) is 2. The molecule has 3 aliphatic rings. The van der Waals surface area contributed by atoms with Crippen molar-refractivity contribution >= 4 is 21.7 Å². The van der Waals surface area contributed by atoms with Crippen molar-refractivity contribution in [3.63, 3.8) is 0 Å². The van der Waals surface area contributed by atoms with Crippen LogP contribution in [0.25, 0.3) is 0 Å². The van der Waals surface area contributed by atoms with Crippen LogP contribution in [-0.4, -0.2) is 48.8 Å². The van der Waals surface area contributed by atoms with Crippen LogP contribution < -0.4 is 5.73 Å². The Balaban J connectivity index is 2.02. The Labute approximate surface area is 113 Å². The SMILES string of the molecule is CS(=O)(=O)C1CCCC12C(N)=NC(=O)N2CC1CC1. The van der Waals surface area contributed by atoms with Gasteiger partial charge in [-0.25, -0.2) is 13.2 Å². The molecule has 2 atom stereocenters. The molecule has 2 amide bonds. The molecule has 0 saturated heterocycles.